The molecule has 1 saturated heterocycles. The summed E-state index contributed by atoms with van der Waals surface area (Å²) in [6.45, 7) is 5.55. The van der Waals surface area contributed by atoms with Crippen LogP contribution in [0.1, 0.15) is 31.7 Å². The summed E-state index contributed by atoms with van der Waals surface area (Å²) in [5.41, 5.74) is 1.49. The van der Waals surface area contributed by atoms with Gasteiger partial charge in [0.1, 0.15) is 11.9 Å². The van der Waals surface area contributed by atoms with Gasteiger partial charge in [-0.1, -0.05) is 18.2 Å². The van der Waals surface area contributed by atoms with Gasteiger partial charge in [0.2, 0.25) is 0 Å². The van der Waals surface area contributed by atoms with E-state index in [-0.39, 0.29) is 5.54 Å². The van der Waals surface area contributed by atoms with Crippen LogP contribution >= 0.6 is 0 Å². The van der Waals surface area contributed by atoms with Crippen molar-refractivity contribution < 1.29 is 4.74 Å². The van der Waals surface area contributed by atoms with E-state index in [0.29, 0.717) is 12.0 Å². The molecule has 2 aliphatic heterocycles. The van der Waals surface area contributed by atoms with Crippen LogP contribution in [0.15, 0.2) is 24.3 Å². The van der Waals surface area contributed by atoms with Crippen LogP contribution < -0.4 is 10.1 Å². The van der Waals surface area contributed by atoms with E-state index in [1.165, 1.54) is 12.0 Å². The summed E-state index contributed by atoms with van der Waals surface area (Å²) in [6, 6.07) is 8.46. The third kappa shape index (κ3) is 1.28. The lowest BCUT2D eigenvalue weighted by molar-refractivity contribution is 0.0775. The molecule has 2 atom stereocenters. The van der Waals surface area contributed by atoms with Gasteiger partial charge in [-0.15, -0.1) is 0 Å². The summed E-state index contributed by atoms with van der Waals surface area (Å²) >= 11 is 0. The van der Waals surface area contributed by atoms with Crippen molar-refractivity contribution >= 4 is 0 Å². The second kappa shape index (κ2) is 2.99. The lowest BCUT2D eigenvalue weighted by Crippen LogP contribution is -2.57. The van der Waals surface area contributed by atoms with E-state index < -0.39 is 0 Å². The van der Waals surface area contributed by atoms with Crippen LogP contribution in [0.2, 0.25) is 0 Å². The second-order valence-electron chi connectivity index (χ2n) is 5.12. The highest BCUT2D eigenvalue weighted by atomic mass is 16.5. The molecule has 0 aliphatic carbocycles. The minimum Gasteiger partial charge on any atom is -0.488 e. The molecule has 0 amide bonds. The molecule has 1 aromatic rings. The van der Waals surface area contributed by atoms with Gasteiger partial charge in [0.15, 0.2) is 0 Å². The first-order chi connectivity index (χ1) is 7.18. The number of rotatable bonds is 0. The maximum Gasteiger partial charge on any atom is 0.123 e. The van der Waals surface area contributed by atoms with E-state index >= 15 is 0 Å². The number of benzene rings is 1. The molecular formula is C13H17NO. The molecular weight excluding hydrogens is 186 g/mol. The molecule has 2 nitrogen and oxygen atoms in total. The zero-order valence-corrected chi connectivity index (χ0v) is 9.29. The van der Waals surface area contributed by atoms with Gasteiger partial charge >= 0.3 is 0 Å². The third-order valence-corrected chi connectivity index (χ3v) is 3.69. The van der Waals surface area contributed by atoms with Crippen LogP contribution in [0.4, 0.5) is 0 Å². The van der Waals surface area contributed by atoms with Crippen LogP contribution in [0.5, 0.6) is 5.75 Å². The quantitative estimate of drug-likeness (QED) is 0.698. The van der Waals surface area contributed by atoms with Crippen LogP contribution in [0, 0.1) is 0 Å². The minimum atomic E-state index is 0.0853. The average molecular weight is 203 g/mol. The molecule has 2 heterocycles. The van der Waals surface area contributed by atoms with Crippen molar-refractivity contribution in [2.45, 2.75) is 37.8 Å². The number of hydrogen-bond donors (Lipinski definition) is 1. The van der Waals surface area contributed by atoms with Gasteiger partial charge in [0.25, 0.3) is 0 Å². The van der Waals surface area contributed by atoms with Crippen LogP contribution in [-0.2, 0) is 0 Å². The number of fused-ring (bicyclic) bond motifs is 3. The van der Waals surface area contributed by atoms with Crippen molar-refractivity contribution in [3.63, 3.8) is 0 Å². The number of ether oxygens (including phenoxy) is 1. The highest BCUT2D eigenvalue weighted by Gasteiger charge is 2.46. The zero-order chi connectivity index (χ0) is 10.5. The Morgan fingerprint density at radius 3 is 3.00 bits per heavy atom. The van der Waals surface area contributed by atoms with Crippen molar-refractivity contribution in [3.05, 3.63) is 29.8 Å². The Morgan fingerprint density at radius 2 is 2.13 bits per heavy atom. The Bertz CT molecular complexity index is 386. The number of hydrogen-bond acceptors (Lipinski definition) is 2. The van der Waals surface area contributed by atoms with Crippen molar-refractivity contribution in [2.75, 3.05) is 6.54 Å². The molecule has 0 saturated carbocycles. The molecule has 1 fully saturated rings. The summed E-state index contributed by atoms with van der Waals surface area (Å²) in [5.74, 6) is 1.67. The van der Waals surface area contributed by atoms with Crippen LogP contribution in [0.25, 0.3) is 0 Å². The minimum absolute atomic E-state index is 0.0853. The smallest absolute Gasteiger partial charge is 0.123 e. The van der Waals surface area contributed by atoms with Gasteiger partial charge in [-0.25, -0.2) is 0 Å². The van der Waals surface area contributed by atoms with Crippen molar-refractivity contribution in [2.24, 2.45) is 0 Å². The van der Waals surface area contributed by atoms with Gasteiger partial charge in [-0.3, -0.25) is 0 Å². The summed E-state index contributed by atoms with van der Waals surface area (Å²) in [7, 11) is 0. The Kier molecular flexibility index (Phi) is 1.84. The van der Waals surface area contributed by atoms with Crippen LogP contribution in [0.3, 0.4) is 0 Å². The van der Waals surface area contributed by atoms with Crippen LogP contribution in [-0.4, -0.2) is 18.2 Å². The first-order valence-corrected chi connectivity index (χ1v) is 5.69. The molecule has 0 spiro atoms. The van der Waals surface area contributed by atoms with Crippen molar-refractivity contribution in [1.29, 1.82) is 0 Å². The Morgan fingerprint density at radius 1 is 1.33 bits per heavy atom. The molecule has 0 bridgehead atoms. The molecule has 1 aromatic carbocycles. The molecule has 80 valence electrons. The molecule has 0 aromatic heterocycles. The largest absolute Gasteiger partial charge is 0.488 e. The first-order valence-electron chi connectivity index (χ1n) is 5.69. The summed E-state index contributed by atoms with van der Waals surface area (Å²) in [5, 5.41) is 3.54. The normalized spacial score (nSPS) is 31.6. The molecule has 1 N–H and O–H groups in total. The third-order valence-electron chi connectivity index (χ3n) is 3.69. The Balaban J connectivity index is 2.02. The summed E-state index contributed by atoms with van der Waals surface area (Å²) in [6.07, 6.45) is 1.48. The molecule has 2 aliphatic rings. The number of para-hydroxylation sites is 1. The monoisotopic (exact) mass is 203 g/mol. The molecule has 2 unspecified atom stereocenters. The molecule has 15 heavy (non-hydrogen) atoms. The lowest BCUT2D eigenvalue weighted by Gasteiger charge is -2.40. The first kappa shape index (κ1) is 9.22. The Hall–Kier alpha value is -1.02. The van der Waals surface area contributed by atoms with Crippen molar-refractivity contribution in [1.82, 2.24) is 5.32 Å². The van der Waals surface area contributed by atoms with E-state index in [4.69, 9.17) is 4.74 Å². The van der Waals surface area contributed by atoms with Crippen molar-refractivity contribution in [3.8, 4) is 5.75 Å². The maximum absolute atomic E-state index is 6.06. The molecule has 3 rings (SSSR count). The fourth-order valence-corrected chi connectivity index (χ4v) is 2.88. The van der Waals surface area contributed by atoms with E-state index in [1.807, 2.05) is 0 Å². The number of piperidine rings is 1. The predicted octanol–water partition coefficient (Wildman–Crippen LogP) is 2.30. The maximum atomic E-state index is 6.06. The topological polar surface area (TPSA) is 21.3 Å². The van der Waals surface area contributed by atoms with Gasteiger partial charge in [0.05, 0.1) is 5.54 Å². The Labute approximate surface area is 90.6 Å². The van der Waals surface area contributed by atoms with E-state index in [9.17, 15) is 0 Å². The highest BCUT2D eigenvalue weighted by Crippen LogP contribution is 2.45. The standard InChI is InChI=1S/C13H17NO/c1-13(2)12-10(7-8-14-13)9-5-3-4-6-11(9)15-12/h3-6,10,12,14H,7-8H2,1-2H3. The zero-order valence-electron chi connectivity index (χ0n) is 9.29. The lowest BCUT2D eigenvalue weighted by atomic mass is 9.79. The van der Waals surface area contributed by atoms with E-state index in [1.54, 1.807) is 0 Å². The van der Waals surface area contributed by atoms with Gasteiger partial charge in [-0.2, -0.15) is 0 Å². The summed E-state index contributed by atoms with van der Waals surface area (Å²) in [4.78, 5) is 0. The average Bonchev–Trinajstić information content (AvgIpc) is 2.58. The predicted molar refractivity (Wildman–Crippen MR) is 60.3 cm³/mol. The van der Waals surface area contributed by atoms with Gasteiger partial charge in [0, 0.05) is 11.5 Å². The second-order valence-corrected chi connectivity index (χ2v) is 5.12. The molecule has 0 radical (unpaired) electrons. The van der Waals surface area contributed by atoms with Gasteiger partial charge < -0.3 is 10.1 Å². The van der Waals surface area contributed by atoms with Gasteiger partial charge in [-0.05, 0) is 32.9 Å². The van der Waals surface area contributed by atoms with E-state index in [0.717, 1.165) is 12.3 Å². The highest BCUT2D eigenvalue weighted by molar-refractivity contribution is 5.42. The fraction of sp³-hybridized carbons (Fsp3) is 0.538. The molecule has 2 heteroatoms. The fourth-order valence-electron chi connectivity index (χ4n) is 2.88. The summed E-state index contributed by atoms with van der Waals surface area (Å²) < 4.78 is 6.06. The number of nitrogens with one attached hydrogen (secondary N) is 1. The SMILES string of the molecule is CC1(C)NCCC2c3ccccc3OC21. The van der Waals surface area contributed by atoms with E-state index in [2.05, 4.69) is 43.4 Å².